The second-order valence-corrected chi connectivity index (χ2v) is 5.78. The molecule has 0 aliphatic carbocycles. The molecule has 1 aromatic heterocycles. The summed E-state index contributed by atoms with van der Waals surface area (Å²) in [5.41, 5.74) is 2.63. The topological polar surface area (TPSA) is 83.1 Å². The van der Waals surface area contributed by atoms with Gasteiger partial charge in [0.1, 0.15) is 11.6 Å². The van der Waals surface area contributed by atoms with Crippen LogP contribution in [0.3, 0.4) is 0 Å². The van der Waals surface area contributed by atoms with Crippen molar-refractivity contribution < 1.29 is 14.0 Å². The Kier molecular flexibility index (Phi) is 5.41. The van der Waals surface area contributed by atoms with E-state index in [2.05, 4.69) is 20.9 Å². The predicted octanol–water partition coefficient (Wildman–Crippen LogP) is 4.18. The number of nitrogens with zero attached hydrogens (tertiary/aromatic N) is 1. The number of benzene rings is 2. The van der Waals surface area contributed by atoms with E-state index in [0.29, 0.717) is 17.1 Å². The number of anilines is 4. The molecule has 1 heterocycles. The molecule has 0 aliphatic rings. The number of pyridine rings is 1. The summed E-state index contributed by atoms with van der Waals surface area (Å²) in [4.78, 5) is 27.3. The molecular weight excluding hydrogens is 347 g/mol. The minimum absolute atomic E-state index is 0.127. The minimum atomic E-state index is -0.398. The molecule has 0 saturated carbocycles. The lowest BCUT2D eigenvalue weighted by Gasteiger charge is -2.09. The zero-order chi connectivity index (χ0) is 19.2. The van der Waals surface area contributed by atoms with Gasteiger partial charge in [-0.05, 0) is 60.7 Å². The third-order valence-electron chi connectivity index (χ3n) is 3.61. The monoisotopic (exact) mass is 364 g/mol. The van der Waals surface area contributed by atoms with Gasteiger partial charge < -0.3 is 16.0 Å². The van der Waals surface area contributed by atoms with Crippen LogP contribution in [0.1, 0.15) is 17.3 Å². The number of amides is 2. The SMILES string of the molecule is CC(=O)Nc1ccc(Nc2ccc(NC(=O)c3ccc(F)cc3)nc2)cc1. The Morgan fingerprint density at radius 2 is 1.44 bits per heavy atom. The van der Waals surface area contributed by atoms with E-state index >= 15 is 0 Å². The quantitative estimate of drug-likeness (QED) is 0.634. The van der Waals surface area contributed by atoms with E-state index in [0.717, 1.165) is 11.4 Å². The number of aromatic nitrogens is 1. The molecule has 0 spiro atoms. The van der Waals surface area contributed by atoms with Crippen molar-refractivity contribution >= 4 is 34.7 Å². The van der Waals surface area contributed by atoms with Crippen LogP contribution in [0.15, 0.2) is 66.9 Å². The third-order valence-corrected chi connectivity index (χ3v) is 3.61. The number of halogens is 1. The maximum atomic E-state index is 12.9. The Balaban J connectivity index is 1.60. The molecule has 0 saturated heterocycles. The van der Waals surface area contributed by atoms with Crippen LogP contribution in [0.2, 0.25) is 0 Å². The summed E-state index contributed by atoms with van der Waals surface area (Å²) in [6.07, 6.45) is 1.59. The lowest BCUT2D eigenvalue weighted by molar-refractivity contribution is -0.114. The van der Waals surface area contributed by atoms with Crippen LogP contribution < -0.4 is 16.0 Å². The molecule has 2 amide bonds. The van der Waals surface area contributed by atoms with Crippen LogP contribution in [0.25, 0.3) is 0 Å². The van der Waals surface area contributed by atoms with Gasteiger partial charge in [-0.3, -0.25) is 9.59 Å². The number of nitrogens with one attached hydrogen (secondary N) is 3. The number of carbonyl (C=O) groups excluding carboxylic acids is 2. The van der Waals surface area contributed by atoms with Gasteiger partial charge in [-0.2, -0.15) is 0 Å². The molecule has 0 unspecified atom stereocenters. The second-order valence-electron chi connectivity index (χ2n) is 5.78. The van der Waals surface area contributed by atoms with Gasteiger partial charge in [0.05, 0.1) is 11.9 Å². The molecule has 2 aromatic carbocycles. The zero-order valence-corrected chi connectivity index (χ0v) is 14.5. The van der Waals surface area contributed by atoms with Gasteiger partial charge in [-0.15, -0.1) is 0 Å². The van der Waals surface area contributed by atoms with Gasteiger partial charge >= 0.3 is 0 Å². The Morgan fingerprint density at radius 3 is 2.04 bits per heavy atom. The fourth-order valence-electron chi connectivity index (χ4n) is 2.34. The summed E-state index contributed by atoms with van der Waals surface area (Å²) in [5, 5.41) is 8.53. The predicted molar refractivity (Wildman–Crippen MR) is 103 cm³/mol. The molecule has 0 radical (unpaired) electrons. The molecule has 3 aromatic rings. The normalized spacial score (nSPS) is 10.1. The maximum Gasteiger partial charge on any atom is 0.256 e. The standard InChI is InChI=1S/C20H17FN4O2/c1-13(26)23-16-6-8-17(9-7-16)24-18-10-11-19(22-12-18)25-20(27)14-2-4-15(21)5-3-14/h2-12,24H,1H3,(H,23,26)(H,22,25,27). The van der Waals surface area contributed by atoms with E-state index in [1.54, 1.807) is 30.5 Å². The van der Waals surface area contributed by atoms with Crippen molar-refractivity contribution in [2.75, 3.05) is 16.0 Å². The number of carbonyl (C=O) groups is 2. The smallest absolute Gasteiger partial charge is 0.256 e. The highest BCUT2D eigenvalue weighted by Gasteiger charge is 2.07. The average Bonchev–Trinajstić information content (AvgIpc) is 2.65. The highest BCUT2D eigenvalue weighted by molar-refractivity contribution is 6.03. The average molecular weight is 364 g/mol. The lowest BCUT2D eigenvalue weighted by Crippen LogP contribution is -2.12. The molecule has 0 fully saturated rings. The maximum absolute atomic E-state index is 12.9. The summed E-state index contributed by atoms with van der Waals surface area (Å²) in [6.45, 7) is 1.45. The molecule has 3 N–H and O–H groups in total. The summed E-state index contributed by atoms with van der Waals surface area (Å²) in [7, 11) is 0. The van der Waals surface area contributed by atoms with E-state index in [1.165, 1.54) is 31.2 Å². The van der Waals surface area contributed by atoms with Gasteiger partial charge in [0, 0.05) is 23.9 Å². The van der Waals surface area contributed by atoms with Crippen molar-refractivity contribution in [3.63, 3.8) is 0 Å². The molecule has 0 bridgehead atoms. The van der Waals surface area contributed by atoms with Crippen molar-refractivity contribution in [3.8, 4) is 0 Å². The molecule has 6 nitrogen and oxygen atoms in total. The molecule has 7 heteroatoms. The molecule has 0 aliphatic heterocycles. The molecule has 27 heavy (non-hydrogen) atoms. The van der Waals surface area contributed by atoms with E-state index in [4.69, 9.17) is 0 Å². The summed E-state index contributed by atoms with van der Waals surface area (Å²) in [6, 6.07) is 15.9. The molecule has 136 valence electrons. The van der Waals surface area contributed by atoms with Crippen molar-refractivity contribution in [2.24, 2.45) is 0 Å². The van der Waals surface area contributed by atoms with Gasteiger partial charge in [0.2, 0.25) is 5.91 Å². The summed E-state index contributed by atoms with van der Waals surface area (Å²) < 4.78 is 12.9. The Labute approximate surface area is 155 Å². The van der Waals surface area contributed by atoms with Crippen LogP contribution in [-0.4, -0.2) is 16.8 Å². The number of hydrogen-bond donors (Lipinski definition) is 3. The van der Waals surface area contributed by atoms with E-state index in [1.807, 2.05) is 12.1 Å². The zero-order valence-electron chi connectivity index (χ0n) is 14.5. The van der Waals surface area contributed by atoms with Gasteiger partial charge in [-0.1, -0.05) is 0 Å². The van der Waals surface area contributed by atoms with Gasteiger partial charge in [0.15, 0.2) is 0 Å². The van der Waals surface area contributed by atoms with Gasteiger partial charge in [0.25, 0.3) is 5.91 Å². The Morgan fingerprint density at radius 1 is 0.815 bits per heavy atom. The molecule has 0 atom stereocenters. The Hall–Kier alpha value is -3.74. The first-order valence-electron chi connectivity index (χ1n) is 8.17. The highest BCUT2D eigenvalue weighted by Crippen LogP contribution is 2.19. The van der Waals surface area contributed by atoms with E-state index < -0.39 is 5.82 Å². The Bertz CT molecular complexity index is 939. The van der Waals surface area contributed by atoms with Crippen LogP contribution in [0.4, 0.5) is 27.3 Å². The van der Waals surface area contributed by atoms with Crippen molar-refractivity contribution in [1.82, 2.24) is 4.98 Å². The molecular formula is C20H17FN4O2. The number of rotatable bonds is 5. The summed E-state index contributed by atoms with van der Waals surface area (Å²) >= 11 is 0. The fraction of sp³-hybridized carbons (Fsp3) is 0.0500. The van der Waals surface area contributed by atoms with Crippen LogP contribution in [-0.2, 0) is 4.79 Å². The van der Waals surface area contributed by atoms with E-state index in [9.17, 15) is 14.0 Å². The molecule has 3 rings (SSSR count). The first-order valence-corrected chi connectivity index (χ1v) is 8.17. The van der Waals surface area contributed by atoms with Crippen LogP contribution in [0.5, 0.6) is 0 Å². The van der Waals surface area contributed by atoms with Crippen molar-refractivity contribution in [1.29, 1.82) is 0 Å². The highest BCUT2D eigenvalue weighted by atomic mass is 19.1. The van der Waals surface area contributed by atoms with Crippen LogP contribution in [0, 0.1) is 5.82 Å². The number of hydrogen-bond acceptors (Lipinski definition) is 4. The first-order chi connectivity index (χ1) is 13.0. The van der Waals surface area contributed by atoms with Crippen molar-refractivity contribution in [2.45, 2.75) is 6.92 Å². The largest absolute Gasteiger partial charge is 0.354 e. The van der Waals surface area contributed by atoms with Gasteiger partial charge in [-0.25, -0.2) is 9.37 Å². The third kappa shape index (κ3) is 5.12. The fourth-order valence-corrected chi connectivity index (χ4v) is 2.34. The summed E-state index contributed by atoms with van der Waals surface area (Å²) in [5.74, 6) is -0.504. The minimum Gasteiger partial charge on any atom is -0.354 e. The first kappa shape index (κ1) is 18.1. The lowest BCUT2D eigenvalue weighted by atomic mass is 10.2. The van der Waals surface area contributed by atoms with E-state index in [-0.39, 0.29) is 11.8 Å². The van der Waals surface area contributed by atoms with Crippen molar-refractivity contribution in [3.05, 3.63) is 78.2 Å². The van der Waals surface area contributed by atoms with Crippen LogP contribution >= 0.6 is 0 Å². The second kappa shape index (κ2) is 8.09.